The summed E-state index contributed by atoms with van der Waals surface area (Å²) in [6.45, 7) is 7.03. The highest BCUT2D eigenvalue weighted by atomic mass is 16.4. The zero-order chi connectivity index (χ0) is 15.9. The van der Waals surface area contributed by atoms with Crippen LogP contribution in [0.15, 0.2) is 0 Å². The van der Waals surface area contributed by atoms with Gasteiger partial charge < -0.3 is 20.4 Å². The number of aliphatic hydroxyl groups is 1. The molecule has 0 saturated heterocycles. The summed E-state index contributed by atoms with van der Waals surface area (Å²) in [5, 5.41) is 20.9. The Morgan fingerprint density at radius 2 is 1.80 bits per heavy atom. The van der Waals surface area contributed by atoms with Crippen LogP contribution in [-0.4, -0.2) is 52.3 Å². The van der Waals surface area contributed by atoms with Crippen LogP contribution in [0.3, 0.4) is 0 Å². The van der Waals surface area contributed by atoms with Gasteiger partial charge in [-0.3, -0.25) is 4.79 Å². The van der Waals surface area contributed by atoms with Crippen LogP contribution in [0.1, 0.15) is 47.0 Å². The highest BCUT2D eigenvalue weighted by molar-refractivity contribution is 5.75. The van der Waals surface area contributed by atoms with Gasteiger partial charge in [0.1, 0.15) is 0 Å². The number of nitrogens with one attached hydrogen (secondary N) is 1. The molecule has 0 fully saturated rings. The molecule has 20 heavy (non-hydrogen) atoms. The first-order valence-electron chi connectivity index (χ1n) is 6.99. The molecule has 0 bridgehead atoms. The van der Waals surface area contributed by atoms with E-state index in [4.69, 9.17) is 5.11 Å². The highest BCUT2D eigenvalue weighted by Gasteiger charge is 2.27. The number of aliphatic carboxylic acids is 1. The summed E-state index contributed by atoms with van der Waals surface area (Å²) < 4.78 is 0. The molecule has 0 aliphatic heterocycles. The van der Waals surface area contributed by atoms with Crippen molar-refractivity contribution in [3.8, 4) is 0 Å². The van der Waals surface area contributed by atoms with Gasteiger partial charge in [0.25, 0.3) is 0 Å². The van der Waals surface area contributed by atoms with Crippen molar-refractivity contribution < 1.29 is 19.8 Å². The van der Waals surface area contributed by atoms with Crippen molar-refractivity contribution in [1.29, 1.82) is 0 Å². The Hall–Kier alpha value is -1.30. The third kappa shape index (κ3) is 6.23. The maximum atomic E-state index is 12.0. The smallest absolute Gasteiger partial charge is 0.317 e. The Kier molecular flexibility index (Phi) is 7.57. The van der Waals surface area contributed by atoms with Gasteiger partial charge in [0.05, 0.1) is 18.1 Å². The van der Waals surface area contributed by atoms with Gasteiger partial charge in [0, 0.05) is 13.1 Å². The summed E-state index contributed by atoms with van der Waals surface area (Å²) >= 11 is 0. The zero-order valence-electron chi connectivity index (χ0n) is 13.1. The number of rotatable bonds is 8. The highest BCUT2D eigenvalue weighted by Crippen LogP contribution is 2.13. The molecule has 0 aromatic rings. The molecule has 0 saturated carbocycles. The van der Waals surface area contributed by atoms with Gasteiger partial charge in [0.15, 0.2) is 0 Å². The number of nitrogens with zero attached hydrogens (tertiary/aromatic N) is 1. The van der Waals surface area contributed by atoms with Crippen LogP contribution < -0.4 is 5.32 Å². The molecule has 6 nitrogen and oxygen atoms in total. The van der Waals surface area contributed by atoms with E-state index >= 15 is 0 Å². The number of aliphatic hydroxyl groups excluding tert-OH is 1. The van der Waals surface area contributed by atoms with Gasteiger partial charge in [0.2, 0.25) is 0 Å². The SMILES string of the molecule is CC(CCCC(C)C(=O)O)NC(=O)N(C)C(C)(C)CO. The summed E-state index contributed by atoms with van der Waals surface area (Å²) in [5.41, 5.74) is -0.609. The monoisotopic (exact) mass is 288 g/mol. The number of carboxylic acid groups (broad SMARTS) is 1. The van der Waals surface area contributed by atoms with Gasteiger partial charge >= 0.3 is 12.0 Å². The summed E-state index contributed by atoms with van der Waals surface area (Å²) in [5.74, 6) is -1.14. The number of carbonyl (C=O) groups excluding carboxylic acids is 1. The Morgan fingerprint density at radius 3 is 2.25 bits per heavy atom. The maximum absolute atomic E-state index is 12.0. The first kappa shape index (κ1) is 18.7. The van der Waals surface area contributed by atoms with Gasteiger partial charge in [-0.05, 0) is 33.6 Å². The number of likely N-dealkylation sites (N-methyl/N-ethyl adjacent to an activating group) is 1. The Morgan fingerprint density at radius 1 is 1.25 bits per heavy atom. The van der Waals surface area contributed by atoms with Crippen molar-refractivity contribution in [2.24, 2.45) is 5.92 Å². The van der Waals surface area contributed by atoms with Crippen molar-refractivity contribution in [1.82, 2.24) is 10.2 Å². The molecular weight excluding hydrogens is 260 g/mol. The summed E-state index contributed by atoms with van der Waals surface area (Å²) in [4.78, 5) is 24.1. The van der Waals surface area contributed by atoms with Crippen LogP contribution in [0.5, 0.6) is 0 Å². The van der Waals surface area contributed by atoms with E-state index in [1.54, 1.807) is 27.8 Å². The molecule has 0 aromatic carbocycles. The molecule has 118 valence electrons. The Balaban J connectivity index is 4.12. The normalized spacial score (nSPS) is 14.5. The second-order valence-electron chi connectivity index (χ2n) is 6.05. The van der Waals surface area contributed by atoms with Gasteiger partial charge in [-0.15, -0.1) is 0 Å². The molecule has 0 heterocycles. The lowest BCUT2D eigenvalue weighted by Gasteiger charge is -2.34. The van der Waals surface area contributed by atoms with Gasteiger partial charge in [-0.2, -0.15) is 0 Å². The number of carbonyl (C=O) groups is 2. The molecule has 0 aliphatic rings. The molecule has 2 unspecified atom stereocenters. The lowest BCUT2D eigenvalue weighted by molar-refractivity contribution is -0.141. The minimum atomic E-state index is -0.786. The van der Waals surface area contributed by atoms with E-state index in [0.717, 1.165) is 12.8 Å². The number of hydrogen-bond acceptors (Lipinski definition) is 3. The van der Waals surface area contributed by atoms with E-state index in [0.29, 0.717) is 6.42 Å². The predicted molar refractivity (Wildman–Crippen MR) is 77.6 cm³/mol. The minimum Gasteiger partial charge on any atom is -0.481 e. The predicted octanol–water partition coefficient (Wildman–Crippen LogP) is 1.68. The molecule has 0 aliphatic carbocycles. The van der Waals surface area contributed by atoms with E-state index < -0.39 is 11.5 Å². The van der Waals surface area contributed by atoms with Crippen LogP contribution in [0.25, 0.3) is 0 Å². The van der Waals surface area contributed by atoms with Gasteiger partial charge in [-0.1, -0.05) is 13.3 Å². The van der Waals surface area contributed by atoms with Crippen molar-refractivity contribution >= 4 is 12.0 Å². The van der Waals surface area contributed by atoms with Crippen LogP contribution in [0.4, 0.5) is 4.79 Å². The maximum Gasteiger partial charge on any atom is 0.317 e. The van der Waals surface area contributed by atoms with Crippen LogP contribution >= 0.6 is 0 Å². The van der Waals surface area contributed by atoms with Crippen molar-refractivity contribution in [2.45, 2.75) is 58.5 Å². The standard InChI is InChI=1S/C14H28N2O4/c1-10(12(18)19)7-6-8-11(2)15-13(20)16(5)14(3,4)9-17/h10-11,17H,6-9H2,1-5H3,(H,15,20)(H,18,19). The molecule has 0 radical (unpaired) electrons. The molecule has 2 amide bonds. The van der Waals surface area contributed by atoms with E-state index in [2.05, 4.69) is 5.32 Å². The van der Waals surface area contributed by atoms with E-state index in [1.807, 2.05) is 6.92 Å². The Bertz CT molecular complexity index is 331. The summed E-state index contributed by atoms with van der Waals surface area (Å²) in [6, 6.07) is -0.261. The van der Waals surface area contributed by atoms with Crippen LogP contribution in [0, 0.1) is 5.92 Å². The molecule has 0 aromatic heterocycles. The molecule has 0 rings (SSSR count). The number of carboxylic acids is 1. The first-order chi connectivity index (χ1) is 9.11. The largest absolute Gasteiger partial charge is 0.481 e. The van der Waals surface area contributed by atoms with Crippen LogP contribution in [-0.2, 0) is 4.79 Å². The molecule has 0 spiro atoms. The third-order valence-corrected chi connectivity index (χ3v) is 3.67. The fourth-order valence-corrected chi connectivity index (χ4v) is 1.61. The Labute approximate surface area is 121 Å². The van der Waals surface area contributed by atoms with E-state index in [1.165, 1.54) is 4.90 Å². The minimum absolute atomic E-state index is 0.0274. The van der Waals surface area contributed by atoms with Gasteiger partial charge in [-0.25, -0.2) is 4.79 Å². The molecule has 2 atom stereocenters. The summed E-state index contributed by atoms with van der Waals surface area (Å²) in [6.07, 6.45) is 2.09. The van der Waals surface area contributed by atoms with Crippen molar-refractivity contribution in [3.63, 3.8) is 0 Å². The fourth-order valence-electron chi connectivity index (χ4n) is 1.61. The van der Waals surface area contributed by atoms with E-state index in [-0.39, 0.29) is 24.6 Å². The van der Waals surface area contributed by atoms with Crippen molar-refractivity contribution in [3.05, 3.63) is 0 Å². The quantitative estimate of drug-likeness (QED) is 0.634. The number of hydrogen-bond donors (Lipinski definition) is 3. The lowest BCUT2D eigenvalue weighted by atomic mass is 10.0. The first-order valence-corrected chi connectivity index (χ1v) is 6.99. The number of urea groups is 1. The van der Waals surface area contributed by atoms with Crippen LogP contribution in [0.2, 0.25) is 0 Å². The topological polar surface area (TPSA) is 89.9 Å². The molecule has 3 N–H and O–H groups in total. The lowest BCUT2D eigenvalue weighted by Crippen LogP contribution is -2.53. The third-order valence-electron chi connectivity index (χ3n) is 3.67. The zero-order valence-corrected chi connectivity index (χ0v) is 13.1. The average molecular weight is 288 g/mol. The van der Waals surface area contributed by atoms with Crippen molar-refractivity contribution in [2.75, 3.05) is 13.7 Å². The average Bonchev–Trinajstić information content (AvgIpc) is 2.37. The number of amides is 2. The molecular formula is C14H28N2O4. The van der Waals surface area contributed by atoms with E-state index in [9.17, 15) is 14.7 Å². The molecule has 6 heteroatoms. The second-order valence-corrected chi connectivity index (χ2v) is 6.05. The summed E-state index contributed by atoms with van der Waals surface area (Å²) in [7, 11) is 1.64. The second kappa shape index (κ2) is 8.09. The fraction of sp³-hybridized carbons (Fsp3) is 0.857.